The maximum Gasteiger partial charge on any atom is 0.218 e. The molecule has 0 rings (SSSR count). The van der Waals surface area contributed by atoms with Gasteiger partial charge in [0.15, 0.2) is 0 Å². The van der Waals surface area contributed by atoms with Crippen LogP contribution in [0.5, 0.6) is 0 Å². The molecule has 0 spiro atoms. The molecule has 0 heterocycles. The van der Waals surface area contributed by atoms with Crippen LogP contribution in [0.3, 0.4) is 0 Å². The van der Waals surface area contributed by atoms with Gasteiger partial charge in [-0.05, 0) is 6.92 Å². The number of methoxy groups -OCH3 is 2. The lowest BCUT2D eigenvalue weighted by atomic mass is 10.2. The van der Waals surface area contributed by atoms with Crippen LogP contribution in [0.25, 0.3) is 0 Å². The summed E-state index contributed by atoms with van der Waals surface area (Å²) in [6.45, 7) is 3.39. The van der Waals surface area contributed by atoms with Gasteiger partial charge < -0.3 is 14.8 Å². The van der Waals surface area contributed by atoms with E-state index in [4.69, 9.17) is 9.47 Å². The Morgan fingerprint density at radius 2 is 2.00 bits per heavy atom. The van der Waals surface area contributed by atoms with E-state index in [2.05, 4.69) is 5.32 Å². The minimum absolute atomic E-state index is 0.0850. The molecular weight excluding hydrogens is 158 g/mol. The second kappa shape index (κ2) is 5.97. The summed E-state index contributed by atoms with van der Waals surface area (Å²) in [5.74, 6) is -0.0925. The van der Waals surface area contributed by atoms with Gasteiger partial charge in [0.2, 0.25) is 5.91 Å². The molecule has 0 saturated heterocycles. The summed E-state index contributed by atoms with van der Waals surface area (Å²) in [6, 6.07) is 0. The summed E-state index contributed by atoms with van der Waals surface area (Å²) >= 11 is 0. The van der Waals surface area contributed by atoms with E-state index in [9.17, 15) is 4.79 Å². The molecule has 4 heteroatoms. The number of rotatable bonds is 5. The van der Waals surface area contributed by atoms with Crippen molar-refractivity contribution in [1.29, 1.82) is 0 Å². The van der Waals surface area contributed by atoms with E-state index in [0.717, 1.165) is 0 Å². The van der Waals surface area contributed by atoms with Crippen molar-refractivity contribution >= 4 is 5.91 Å². The Morgan fingerprint density at radius 3 is 2.33 bits per heavy atom. The van der Waals surface area contributed by atoms with Crippen molar-refractivity contribution in [2.45, 2.75) is 32.6 Å². The minimum atomic E-state index is -0.252. The van der Waals surface area contributed by atoms with E-state index in [1.54, 1.807) is 14.2 Å². The standard InChI is InChI=1S/C8H17NO3/c1-6(11-3)5-8(12-4)9-7(2)10/h6,8H,5H2,1-4H3,(H,9,10). The Morgan fingerprint density at radius 1 is 1.42 bits per heavy atom. The number of hydrogen-bond donors (Lipinski definition) is 1. The molecule has 0 bridgehead atoms. The zero-order valence-electron chi connectivity index (χ0n) is 8.09. The Kier molecular flexibility index (Phi) is 5.66. The van der Waals surface area contributed by atoms with Gasteiger partial charge >= 0.3 is 0 Å². The van der Waals surface area contributed by atoms with E-state index >= 15 is 0 Å². The van der Waals surface area contributed by atoms with Crippen LogP contribution in [-0.4, -0.2) is 32.5 Å². The highest BCUT2D eigenvalue weighted by molar-refractivity contribution is 5.72. The van der Waals surface area contributed by atoms with Crippen LogP contribution >= 0.6 is 0 Å². The largest absolute Gasteiger partial charge is 0.382 e. The number of nitrogens with one attached hydrogen (secondary N) is 1. The van der Waals surface area contributed by atoms with Crippen LogP contribution in [0.1, 0.15) is 20.3 Å². The number of carbonyl (C=O) groups is 1. The molecule has 0 aliphatic heterocycles. The molecule has 0 radical (unpaired) electrons. The maximum atomic E-state index is 10.7. The van der Waals surface area contributed by atoms with Gasteiger partial charge in [-0.15, -0.1) is 0 Å². The molecule has 0 fully saturated rings. The topological polar surface area (TPSA) is 47.6 Å². The summed E-state index contributed by atoms with van der Waals surface area (Å²) in [5, 5.41) is 2.65. The third-order valence-electron chi connectivity index (χ3n) is 1.60. The normalized spacial score (nSPS) is 15.3. The van der Waals surface area contributed by atoms with Crippen molar-refractivity contribution in [2.75, 3.05) is 14.2 Å². The van der Waals surface area contributed by atoms with E-state index in [1.807, 2.05) is 6.92 Å². The Labute approximate surface area is 73.2 Å². The highest BCUT2D eigenvalue weighted by Gasteiger charge is 2.12. The number of amides is 1. The van der Waals surface area contributed by atoms with Gasteiger partial charge in [-0.3, -0.25) is 4.79 Å². The monoisotopic (exact) mass is 175 g/mol. The fourth-order valence-electron chi connectivity index (χ4n) is 0.838. The van der Waals surface area contributed by atoms with Gasteiger partial charge in [-0.2, -0.15) is 0 Å². The molecule has 12 heavy (non-hydrogen) atoms. The first-order valence-electron chi connectivity index (χ1n) is 3.92. The molecule has 0 aromatic carbocycles. The fraction of sp³-hybridized carbons (Fsp3) is 0.875. The SMILES string of the molecule is COC(C)CC(NC(C)=O)OC. The molecule has 1 amide bonds. The summed E-state index contributed by atoms with van der Waals surface area (Å²) in [7, 11) is 3.19. The zero-order chi connectivity index (χ0) is 9.56. The van der Waals surface area contributed by atoms with E-state index in [1.165, 1.54) is 6.92 Å². The lowest BCUT2D eigenvalue weighted by Gasteiger charge is -2.19. The lowest BCUT2D eigenvalue weighted by molar-refractivity contribution is -0.123. The second-order valence-electron chi connectivity index (χ2n) is 2.71. The van der Waals surface area contributed by atoms with Crippen LogP contribution in [0.4, 0.5) is 0 Å². The van der Waals surface area contributed by atoms with Crippen molar-refractivity contribution in [3.05, 3.63) is 0 Å². The van der Waals surface area contributed by atoms with Gasteiger partial charge in [-0.25, -0.2) is 0 Å². The third kappa shape index (κ3) is 5.09. The second-order valence-corrected chi connectivity index (χ2v) is 2.71. The van der Waals surface area contributed by atoms with E-state index in [-0.39, 0.29) is 18.2 Å². The summed E-state index contributed by atoms with van der Waals surface area (Å²) in [4.78, 5) is 10.7. The predicted molar refractivity (Wildman–Crippen MR) is 45.7 cm³/mol. The van der Waals surface area contributed by atoms with Crippen LogP contribution in [0, 0.1) is 0 Å². The highest BCUT2D eigenvalue weighted by Crippen LogP contribution is 2.01. The first-order valence-corrected chi connectivity index (χ1v) is 3.92. The molecular formula is C8H17NO3. The van der Waals surface area contributed by atoms with Crippen molar-refractivity contribution < 1.29 is 14.3 Å². The van der Waals surface area contributed by atoms with Crippen LogP contribution in [-0.2, 0) is 14.3 Å². The molecule has 2 atom stereocenters. The Hall–Kier alpha value is -0.610. The molecule has 0 aromatic heterocycles. The van der Waals surface area contributed by atoms with Gasteiger partial charge in [0.25, 0.3) is 0 Å². The van der Waals surface area contributed by atoms with Crippen LogP contribution in [0.15, 0.2) is 0 Å². The smallest absolute Gasteiger partial charge is 0.218 e. The maximum absolute atomic E-state index is 10.7. The molecule has 2 unspecified atom stereocenters. The average molecular weight is 175 g/mol. The van der Waals surface area contributed by atoms with Crippen LogP contribution in [0.2, 0.25) is 0 Å². The number of hydrogen-bond acceptors (Lipinski definition) is 3. The lowest BCUT2D eigenvalue weighted by Crippen LogP contribution is -2.37. The molecule has 0 aliphatic rings. The summed E-state index contributed by atoms with van der Waals surface area (Å²) in [6.07, 6.45) is 0.492. The fourth-order valence-corrected chi connectivity index (χ4v) is 0.838. The van der Waals surface area contributed by atoms with E-state index < -0.39 is 0 Å². The van der Waals surface area contributed by atoms with Gasteiger partial charge in [-0.1, -0.05) is 0 Å². The highest BCUT2D eigenvalue weighted by atomic mass is 16.5. The predicted octanol–water partition coefficient (Wildman–Crippen LogP) is 0.520. The van der Waals surface area contributed by atoms with Crippen LogP contribution < -0.4 is 5.32 Å². The number of ether oxygens (including phenoxy) is 2. The van der Waals surface area contributed by atoms with Crippen molar-refractivity contribution in [1.82, 2.24) is 5.32 Å². The van der Waals surface area contributed by atoms with Gasteiger partial charge in [0.1, 0.15) is 6.23 Å². The molecule has 0 saturated carbocycles. The summed E-state index contributed by atoms with van der Waals surface area (Å²) < 4.78 is 10.1. The molecule has 1 N–H and O–H groups in total. The van der Waals surface area contributed by atoms with Gasteiger partial charge in [0, 0.05) is 27.6 Å². The third-order valence-corrected chi connectivity index (χ3v) is 1.60. The van der Waals surface area contributed by atoms with Crippen molar-refractivity contribution in [3.63, 3.8) is 0 Å². The first kappa shape index (κ1) is 11.4. The average Bonchev–Trinajstić information content (AvgIpc) is 2.02. The Bertz CT molecular complexity index is 138. The quantitative estimate of drug-likeness (QED) is 0.620. The van der Waals surface area contributed by atoms with Crippen molar-refractivity contribution in [2.24, 2.45) is 0 Å². The van der Waals surface area contributed by atoms with E-state index in [0.29, 0.717) is 6.42 Å². The molecule has 0 aliphatic carbocycles. The zero-order valence-corrected chi connectivity index (χ0v) is 8.09. The molecule has 0 aromatic rings. The summed E-state index contributed by atoms with van der Waals surface area (Å²) in [5.41, 5.74) is 0. The molecule has 72 valence electrons. The number of carbonyl (C=O) groups excluding carboxylic acids is 1. The minimum Gasteiger partial charge on any atom is -0.382 e. The first-order chi connectivity index (χ1) is 5.60. The Balaban J connectivity index is 3.74. The molecule has 4 nitrogen and oxygen atoms in total. The van der Waals surface area contributed by atoms with Gasteiger partial charge in [0.05, 0.1) is 6.10 Å². The van der Waals surface area contributed by atoms with Crippen molar-refractivity contribution in [3.8, 4) is 0 Å².